The number of likely N-dealkylation sites (N-methyl/N-ethyl adjacent to an activating group) is 6. The first-order chi connectivity index (χ1) is 41.3. The molecule has 0 aromatic rings. The predicted molar refractivity (Wildman–Crippen MR) is 345 cm³/mol. The van der Waals surface area contributed by atoms with Crippen LogP contribution in [0.4, 0.5) is 0 Å². The molecule has 26 heteroatoms. The molecule has 10 amide bonds. The number of allylic oxidation sites excluding steroid dienone is 2. The Hall–Kier alpha value is -6.25. The van der Waals surface area contributed by atoms with E-state index in [4.69, 9.17) is 4.74 Å². The molecule has 0 rings (SSSR count). The summed E-state index contributed by atoms with van der Waals surface area (Å²) in [7, 11) is 8.29. The fourth-order valence-corrected chi connectivity index (χ4v) is 10.7. The first-order valence-corrected chi connectivity index (χ1v) is 31.7. The molecule has 0 spiro atoms. The molecular formula is C64H117N11O15. The van der Waals surface area contributed by atoms with Crippen LogP contribution in [0, 0.1) is 35.5 Å². The Morgan fingerprint density at radius 1 is 0.489 bits per heavy atom. The van der Waals surface area contributed by atoms with Crippen LogP contribution in [0.3, 0.4) is 0 Å². The minimum atomic E-state index is -1.71. The number of aliphatic hydroxyl groups is 2. The molecule has 0 fully saturated rings. The van der Waals surface area contributed by atoms with E-state index in [1.165, 1.54) is 65.8 Å². The lowest BCUT2D eigenvalue weighted by Crippen LogP contribution is -2.64. The van der Waals surface area contributed by atoms with Gasteiger partial charge in [-0.2, -0.15) is 0 Å². The summed E-state index contributed by atoms with van der Waals surface area (Å²) in [5.74, 6) is -10.4. The lowest BCUT2D eigenvalue weighted by atomic mass is 9.91. The smallest absolute Gasteiger partial charge is 0.323 e. The Balaban J connectivity index is 6.92. The van der Waals surface area contributed by atoms with Crippen LogP contribution in [-0.4, -0.2) is 238 Å². The van der Waals surface area contributed by atoms with Crippen LogP contribution in [0.2, 0.25) is 0 Å². The van der Waals surface area contributed by atoms with E-state index in [9.17, 15) is 68.1 Å². The quantitative estimate of drug-likeness (QED) is 0.0401. The van der Waals surface area contributed by atoms with Crippen molar-refractivity contribution in [2.24, 2.45) is 35.5 Å². The number of ether oxygens (including phenoxy) is 1. The second kappa shape index (κ2) is 38.6. The standard InChI is InChI=1S/C64H117N11O15/c1-26-27-28-39(12)53(79)52(58(84)70-49(42(15)76)62(88)71(21)33-48(77)78)75(25)63(89)51(38(10)11)74(24)61(87)45(30-35(4)5)68-56(82)47(32-37(8)9)72(22)59(85)41(14)67-54(80)40(13)66-55(81)46(31-36(6)7)73(23)60(86)44(29-34(2)3)69-57(83)50(65-20)43(16)90-64(17,18)19/h26-27,34-47,49-53,65,76,79H,28-33H2,1-25H3,(H,66,81)(H,67,80)(H,68,82)(H,69,83)(H,70,84)(H,77,78)/b27-26+/t39-,40+,41-,42-,43?,44+,45+,46+,47+,49+,50+,51+,52+,53-/m1/s1. The topological polar surface area (TPSA) is 346 Å². The van der Waals surface area contributed by atoms with Gasteiger partial charge >= 0.3 is 5.97 Å². The number of nitrogens with zero attached hydrogens (tertiary/aromatic N) is 5. The summed E-state index contributed by atoms with van der Waals surface area (Å²) in [4.78, 5) is 159. The average Bonchev–Trinajstić information content (AvgIpc) is 0.860. The van der Waals surface area contributed by atoms with Crippen molar-refractivity contribution in [2.45, 2.75) is 248 Å². The molecule has 9 N–H and O–H groups in total. The number of nitrogens with one attached hydrogen (secondary N) is 6. The number of hydrogen-bond acceptors (Lipinski definition) is 15. The lowest BCUT2D eigenvalue weighted by Gasteiger charge is -2.40. The van der Waals surface area contributed by atoms with Crippen LogP contribution in [0.15, 0.2) is 12.2 Å². The molecule has 0 heterocycles. The highest BCUT2D eigenvalue weighted by atomic mass is 16.5. The van der Waals surface area contributed by atoms with Gasteiger partial charge in [0.1, 0.15) is 67.0 Å². The number of rotatable bonds is 38. The third-order valence-electron chi connectivity index (χ3n) is 15.5. The van der Waals surface area contributed by atoms with Crippen molar-refractivity contribution in [1.82, 2.24) is 56.4 Å². The number of carboxylic acid groups (broad SMARTS) is 1. The summed E-state index contributed by atoms with van der Waals surface area (Å²) >= 11 is 0. The number of amides is 10. The van der Waals surface area contributed by atoms with Gasteiger partial charge in [0.2, 0.25) is 59.1 Å². The number of aliphatic carboxylic acids is 1. The van der Waals surface area contributed by atoms with Crippen molar-refractivity contribution in [3.05, 3.63) is 12.2 Å². The zero-order valence-electron chi connectivity index (χ0n) is 58.8. The van der Waals surface area contributed by atoms with Gasteiger partial charge in [0.05, 0.1) is 23.9 Å². The Morgan fingerprint density at radius 2 is 0.911 bits per heavy atom. The fourth-order valence-electron chi connectivity index (χ4n) is 10.7. The molecule has 26 nitrogen and oxygen atoms in total. The van der Waals surface area contributed by atoms with Gasteiger partial charge in [-0.3, -0.25) is 52.7 Å². The van der Waals surface area contributed by atoms with Crippen molar-refractivity contribution in [3.8, 4) is 0 Å². The maximum absolute atomic E-state index is 14.9. The molecule has 0 bridgehead atoms. The molecule has 0 aromatic carbocycles. The molecule has 0 aliphatic rings. The fraction of sp³-hybridized carbons (Fsp3) is 0.797. The third-order valence-corrected chi connectivity index (χ3v) is 15.5. The highest BCUT2D eigenvalue weighted by Crippen LogP contribution is 2.24. The minimum absolute atomic E-state index is 0.0311. The zero-order valence-corrected chi connectivity index (χ0v) is 58.8. The highest BCUT2D eigenvalue weighted by Gasteiger charge is 2.45. The van der Waals surface area contributed by atoms with Crippen LogP contribution in [0.1, 0.15) is 164 Å². The molecule has 14 atom stereocenters. The van der Waals surface area contributed by atoms with Crippen molar-refractivity contribution < 1.29 is 72.8 Å². The van der Waals surface area contributed by atoms with Gasteiger partial charge in [-0.25, -0.2) is 0 Å². The van der Waals surface area contributed by atoms with Gasteiger partial charge in [-0.05, 0) is 130 Å². The van der Waals surface area contributed by atoms with E-state index in [0.29, 0.717) is 0 Å². The number of carboxylic acids is 1. The molecule has 0 saturated carbocycles. The first-order valence-electron chi connectivity index (χ1n) is 31.7. The molecule has 0 radical (unpaired) electrons. The summed E-state index contributed by atoms with van der Waals surface area (Å²) < 4.78 is 6.05. The van der Waals surface area contributed by atoms with Crippen LogP contribution in [0.5, 0.6) is 0 Å². The van der Waals surface area contributed by atoms with E-state index in [-0.39, 0.29) is 55.8 Å². The minimum Gasteiger partial charge on any atom is -0.480 e. The molecule has 0 aromatic heterocycles. The van der Waals surface area contributed by atoms with Crippen LogP contribution >= 0.6 is 0 Å². The van der Waals surface area contributed by atoms with Crippen molar-refractivity contribution in [1.29, 1.82) is 0 Å². The Labute approximate surface area is 536 Å². The van der Waals surface area contributed by atoms with E-state index in [1.54, 1.807) is 53.8 Å². The molecular weight excluding hydrogens is 1160 g/mol. The van der Waals surface area contributed by atoms with Gasteiger partial charge < -0.3 is 76.5 Å². The summed E-state index contributed by atoms with van der Waals surface area (Å²) in [6.45, 7) is 32.3. The molecule has 90 heavy (non-hydrogen) atoms. The first kappa shape index (κ1) is 83.8. The predicted octanol–water partition coefficient (Wildman–Crippen LogP) is 2.28. The van der Waals surface area contributed by atoms with Gasteiger partial charge in [0, 0.05) is 35.2 Å². The van der Waals surface area contributed by atoms with E-state index >= 15 is 0 Å². The van der Waals surface area contributed by atoms with E-state index in [1.807, 2.05) is 76.2 Å². The summed E-state index contributed by atoms with van der Waals surface area (Å²) in [5, 5.41) is 48.3. The number of carbonyl (C=O) groups excluding carboxylic acids is 10. The molecule has 1 unspecified atom stereocenters. The van der Waals surface area contributed by atoms with Gasteiger partial charge in [0.15, 0.2) is 0 Å². The summed E-state index contributed by atoms with van der Waals surface area (Å²) in [6, 6.07) is -12.5. The second-order valence-electron chi connectivity index (χ2n) is 27.4. The summed E-state index contributed by atoms with van der Waals surface area (Å²) in [5.41, 5.74) is -0.551. The Bertz CT molecular complexity index is 2410. The van der Waals surface area contributed by atoms with Crippen LogP contribution in [0.25, 0.3) is 0 Å². The molecule has 0 aliphatic carbocycles. The maximum Gasteiger partial charge on any atom is 0.323 e. The average molecular weight is 1280 g/mol. The van der Waals surface area contributed by atoms with E-state index in [0.717, 1.165) is 14.7 Å². The zero-order chi connectivity index (χ0) is 70.3. The van der Waals surface area contributed by atoms with Crippen LogP contribution in [-0.2, 0) is 57.5 Å². The van der Waals surface area contributed by atoms with Gasteiger partial charge in [-0.1, -0.05) is 88.3 Å². The van der Waals surface area contributed by atoms with Gasteiger partial charge in [-0.15, -0.1) is 0 Å². The largest absolute Gasteiger partial charge is 0.480 e. The molecule has 0 aliphatic heterocycles. The Kier molecular flexibility index (Phi) is 35.9. The SMILES string of the molecule is C/C=C/C[C@@H](C)[C@@H](O)[C@@H](C(=O)N[C@H](C(=O)N(C)CC(=O)O)[C@@H](C)O)N(C)C(=O)[C@H](C(C)C)N(C)C(=O)[C@H](CC(C)C)NC(=O)[C@H](CC(C)C)N(C)C(=O)[C@@H](C)NC(=O)[C@H](C)NC(=O)[C@H](CC(C)C)N(C)C(=O)[C@H](CC(C)C)NC(=O)[C@@H](NC)C(C)OC(C)(C)C. The van der Waals surface area contributed by atoms with Crippen molar-refractivity contribution in [3.63, 3.8) is 0 Å². The second-order valence-corrected chi connectivity index (χ2v) is 27.4. The maximum atomic E-state index is 14.9. The number of aliphatic hydroxyl groups excluding tert-OH is 2. The van der Waals surface area contributed by atoms with Crippen molar-refractivity contribution in [2.75, 3.05) is 48.8 Å². The molecule has 0 saturated heterocycles. The Morgan fingerprint density at radius 3 is 1.32 bits per heavy atom. The normalized spacial score (nSPS) is 16.7. The summed E-state index contributed by atoms with van der Waals surface area (Å²) in [6.07, 6.45) is 0.718. The van der Waals surface area contributed by atoms with E-state index < -0.39 is 168 Å². The lowest BCUT2D eigenvalue weighted by molar-refractivity contribution is -0.155. The number of carbonyl (C=O) groups is 11. The molecule has 518 valence electrons. The highest BCUT2D eigenvalue weighted by molar-refractivity contribution is 5.99. The van der Waals surface area contributed by atoms with Crippen molar-refractivity contribution >= 4 is 65.0 Å². The number of hydrogen-bond donors (Lipinski definition) is 9. The van der Waals surface area contributed by atoms with Gasteiger partial charge in [0.25, 0.3) is 0 Å². The van der Waals surface area contributed by atoms with E-state index in [2.05, 4.69) is 31.9 Å². The monoisotopic (exact) mass is 1280 g/mol. The van der Waals surface area contributed by atoms with Crippen LogP contribution < -0.4 is 31.9 Å². The third kappa shape index (κ3) is 26.9.